The van der Waals surface area contributed by atoms with Crippen LogP contribution < -0.4 is 0 Å². The lowest BCUT2D eigenvalue weighted by Gasteiger charge is -2.19. The highest BCUT2D eigenvalue weighted by atomic mass is 16.3. The maximum absolute atomic E-state index is 6.34. The molecule has 0 aliphatic carbocycles. The highest BCUT2D eigenvalue weighted by Gasteiger charge is 2.21. The first-order valence-electron chi connectivity index (χ1n) is 16.2. The Bertz CT molecular complexity index is 2730. The zero-order valence-electron chi connectivity index (χ0n) is 25.6. The molecule has 0 amide bonds. The minimum absolute atomic E-state index is 0.939. The molecule has 0 saturated carbocycles. The number of hydrogen-bond donors (Lipinski definition) is 0. The van der Waals surface area contributed by atoms with Gasteiger partial charge in [0.25, 0.3) is 0 Å². The molecule has 1 nitrogen and oxygen atoms in total. The van der Waals surface area contributed by atoms with E-state index in [0.717, 1.165) is 11.2 Å². The Labute approximate surface area is 272 Å². The predicted molar refractivity (Wildman–Crippen MR) is 199 cm³/mol. The average Bonchev–Trinajstić information content (AvgIpc) is 3.53. The first-order chi connectivity index (χ1) is 23.3. The van der Waals surface area contributed by atoms with Crippen molar-refractivity contribution in [3.8, 4) is 44.5 Å². The van der Waals surface area contributed by atoms with Crippen molar-refractivity contribution in [2.75, 3.05) is 0 Å². The molecule has 0 N–H and O–H groups in total. The van der Waals surface area contributed by atoms with E-state index in [-0.39, 0.29) is 0 Å². The number of benzene rings is 9. The summed E-state index contributed by atoms with van der Waals surface area (Å²) in [5.74, 6) is 0. The van der Waals surface area contributed by atoms with Crippen LogP contribution in [0.3, 0.4) is 0 Å². The molecule has 0 atom stereocenters. The molecule has 9 aromatic carbocycles. The number of furan rings is 1. The molecular formula is C46H28O. The Hall–Kier alpha value is -6.18. The summed E-state index contributed by atoms with van der Waals surface area (Å²) in [6.07, 6.45) is 0. The van der Waals surface area contributed by atoms with Crippen molar-refractivity contribution in [3.63, 3.8) is 0 Å². The van der Waals surface area contributed by atoms with Gasteiger partial charge in [-0.1, -0.05) is 140 Å². The van der Waals surface area contributed by atoms with Crippen LogP contribution in [0.25, 0.3) is 98.8 Å². The van der Waals surface area contributed by atoms with Crippen LogP contribution in [0.5, 0.6) is 0 Å². The summed E-state index contributed by atoms with van der Waals surface area (Å²) in [4.78, 5) is 0. The third-order valence-electron chi connectivity index (χ3n) is 9.82. The smallest absolute Gasteiger partial charge is 0.136 e. The molecular weight excluding hydrogens is 569 g/mol. The van der Waals surface area contributed by atoms with Crippen LogP contribution in [-0.2, 0) is 0 Å². The van der Waals surface area contributed by atoms with E-state index in [1.54, 1.807) is 0 Å². The zero-order chi connectivity index (χ0) is 30.9. The van der Waals surface area contributed by atoms with Gasteiger partial charge >= 0.3 is 0 Å². The van der Waals surface area contributed by atoms with Gasteiger partial charge in [0, 0.05) is 10.8 Å². The fourth-order valence-corrected chi connectivity index (χ4v) is 7.76. The lowest BCUT2D eigenvalue weighted by molar-refractivity contribution is 0.669. The Morgan fingerprint density at radius 1 is 0.298 bits per heavy atom. The van der Waals surface area contributed by atoms with Gasteiger partial charge in [-0.15, -0.1) is 0 Å². The monoisotopic (exact) mass is 596 g/mol. The lowest BCUT2D eigenvalue weighted by Crippen LogP contribution is -1.92. The molecule has 218 valence electrons. The second-order valence-electron chi connectivity index (χ2n) is 12.4. The second-order valence-corrected chi connectivity index (χ2v) is 12.4. The van der Waals surface area contributed by atoms with Crippen molar-refractivity contribution in [3.05, 3.63) is 170 Å². The molecule has 0 unspecified atom stereocenters. The minimum atomic E-state index is 0.939. The molecule has 0 fully saturated rings. The Balaban J connectivity index is 1.22. The van der Waals surface area contributed by atoms with Crippen LogP contribution in [0.15, 0.2) is 174 Å². The summed E-state index contributed by atoms with van der Waals surface area (Å²) in [6.45, 7) is 0. The van der Waals surface area contributed by atoms with Gasteiger partial charge < -0.3 is 4.42 Å². The fourth-order valence-electron chi connectivity index (χ4n) is 7.76. The number of hydrogen-bond acceptors (Lipinski definition) is 1. The first kappa shape index (κ1) is 26.1. The predicted octanol–water partition coefficient (Wildman–Crippen LogP) is 13.2. The molecule has 0 aliphatic heterocycles. The van der Waals surface area contributed by atoms with E-state index < -0.39 is 0 Å². The summed E-state index contributed by atoms with van der Waals surface area (Å²) in [7, 11) is 0. The Morgan fingerprint density at radius 2 is 0.830 bits per heavy atom. The van der Waals surface area contributed by atoms with Gasteiger partial charge in [-0.3, -0.25) is 0 Å². The van der Waals surface area contributed by atoms with Crippen molar-refractivity contribution in [2.45, 2.75) is 0 Å². The van der Waals surface area contributed by atoms with Gasteiger partial charge in [0.05, 0.1) is 0 Å². The summed E-state index contributed by atoms with van der Waals surface area (Å²) in [5, 5.41) is 9.86. The van der Waals surface area contributed by atoms with E-state index in [1.165, 1.54) is 87.6 Å². The zero-order valence-corrected chi connectivity index (χ0v) is 25.6. The minimum Gasteiger partial charge on any atom is -0.456 e. The van der Waals surface area contributed by atoms with Gasteiger partial charge in [-0.2, -0.15) is 0 Å². The van der Waals surface area contributed by atoms with E-state index in [9.17, 15) is 0 Å². The van der Waals surface area contributed by atoms with Crippen LogP contribution >= 0.6 is 0 Å². The molecule has 1 heterocycles. The summed E-state index contributed by atoms with van der Waals surface area (Å²) >= 11 is 0. The highest BCUT2D eigenvalue weighted by molar-refractivity contribution is 6.28. The quantitative estimate of drug-likeness (QED) is 0.145. The number of rotatable bonds is 4. The van der Waals surface area contributed by atoms with Crippen LogP contribution in [-0.4, -0.2) is 0 Å². The van der Waals surface area contributed by atoms with E-state index in [0.29, 0.717) is 0 Å². The molecule has 0 radical (unpaired) electrons. The fraction of sp³-hybridized carbons (Fsp3) is 0. The standard InChI is InChI=1S/C46H28O/c1-2-11-29(12-3-1)31-14-8-15-32(27-31)33-16-9-17-34(28-33)43-35-18-4-6-20-37(35)45(38-21-7-5-19-36(38)43)39-25-26-42-46-40(39)24-23-30-13-10-22-41(47-42)44(30)46/h1-28H. The van der Waals surface area contributed by atoms with E-state index in [2.05, 4.69) is 170 Å². The average molecular weight is 597 g/mol. The van der Waals surface area contributed by atoms with Crippen LogP contribution in [0.4, 0.5) is 0 Å². The van der Waals surface area contributed by atoms with Crippen LogP contribution in [0.1, 0.15) is 0 Å². The third kappa shape index (κ3) is 3.97. The van der Waals surface area contributed by atoms with Crippen LogP contribution in [0, 0.1) is 0 Å². The molecule has 0 saturated heterocycles. The first-order valence-corrected chi connectivity index (χ1v) is 16.2. The van der Waals surface area contributed by atoms with Crippen molar-refractivity contribution < 1.29 is 4.42 Å². The van der Waals surface area contributed by atoms with E-state index in [1.807, 2.05) is 0 Å². The van der Waals surface area contributed by atoms with Crippen molar-refractivity contribution in [2.24, 2.45) is 0 Å². The largest absolute Gasteiger partial charge is 0.456 e. The van der Waals surface area contributed by atoms with Crippen LogP contribution in [0.2, 0.25) is 0 Å². The molecule has 10 aromatic rings. The summed E-state index contributed by atoms with van der Waals surface area (Å²) in [5.41, 5.74) is 11.7. The Kier molecular flexibility index (Phi) is 5.64. The third-order valence-corrected chi connectivity index (χ3v) is 9.82. The Morgan fingerprint density at radius 3 is 1.53 bits per heavy atom. The maximum Gasteiger partial charge on any atom is 0.136 e. The summed E-state index contributed by atoms with van der Waals surface area (Å²) in [6, 6.07) is 61.6. The van der Waals surface area contributed by atoms with Gasteiger partial charge in [-0.25, -0.2) is 0 Å². The molecule has 10 rings (SSSR count). The molecule has 1 heteroatoms. The summed E-state index contributed by atoms with van der Waals surface area (Å²) < 4.78 is 6.34. The molecule has 1 aromatic heterocycles. The topological polar surface area (TPSA) is 13.1 Å². The van der Waals surface area contributed by atoms with Gasteiger partial charge in [0.2, 0.25) is 0 Å². The van der Waals surface area contributed by atoms with Gasteiger partial charge in [0.15, 0.2) is 0 Å². The van der Waals surface area contributed by atoms with Gasteiger partial charge in [-0.05, 0) is 107 Å². The SMILES string of the molecule is c1ccc(-c2cccc(-c3cccc(-c4c5ccccc5c(-c5ccc6oc7cccc8ccc5c6c87)c5ccccc45)c3)c2)cc1. The normalized spacial score (nSPS) is 11.8. The van der Waals surface area contributed by atoms with Gasteiger partial charge in [0.1, 0.15) is 11.2 Å². The second kappa shape index (κ2) is 10.2. The van der Waals surface area contributed by atoms with Crippen molar-refractivity contribution in [1.82, 2.24) is 0 Å². The molecule has 0 spiro atoms. The molecule has 0 aliphatic rings. The van der Waals surface area contributed by atoms with Crippen molar-refractivity contribution in [1.29, 1.82) is 0 Å². The van der Waals surface area contributed by atoms with Crippen molar-refractivity contribution >= 4 is 54.3 Å². The lowest BCUT2D eigenvalue weighted by atomic mass is 9.84. The highest BCUT2D eigenvalue weighted by Crippen LogP contribution is 2.48. The van der Waals surface area contributed by atoms with E-state index >= 15 is 0 Å². The van der Waals surface area contributed by atoms with E-state index in [4.69, 9.17) is 4.42 Å². The molecule has 47 heavy (non-hydrogen) atoms. The number of fused-ring (bicyclic) bond motifs is 2. The molecule has 0 bridgehead atoms. The maximum atomic E-state index is 6.34.